The normalized spacial score (nSPS) is 13.8. The average molecular weight is 314 g/mol. The highest BCUT2D eigenvalue weighted by atomic mass is 19.4. The monoisotopic (exact) mass is 314 g/mol. The first-order chi connectivity index (χ1) is 10.2. The van der Waals surface area contributed by atoms with Crippen LogP contribution in [-0.2, 0) is 11.2 Å². The first kappa shape index (κ1) is 17.8. The van der Waals surface area contributed by atoms with Crippen molar-refractivity contribution >= 4 is 5.91 Å². The fourth-order valence-electron chi connectivity index (χ4n) is 1.68. The Labute approximate surface area is 126 Å². The van der Waals surface area contributed by atoms with Gasteiger partial charge >= 0.3 is 6.36 Å². The molecule has 0 aliphatic rings. The number of carbonyl (C=O) groups excluding carboxylic acids is 1. The molecule has 0 saturated carbocycles. The van der Waals surface area contributed by atoms with Crippen molar-refractivity contribution in [3.05, 3.63) is 29.8 Å². The molecule has 22 heavy (non-hydrogen) atoms. The van der Waals surface area contributed by atoms with Crippen LogP contribution in [0.4, 0.5) is 13.2 Å². The summed E-state index contributed by atoms with van der Waals surface area (Å²) in [4.78, 5) is 11.8. The van der Waals surface area contributed by atoms with Gasteiger partial charge in [-0.25, -0.2) is 0 Å². The molecule has 1 unspecified atom stereocenters. The maximum absolute atomic E-state index is 12.0. The summed E-state index contributed by atoms with van der Waals surface area (Å²) in [7, 11) is 0. The van der Waals surface area contributed by atoms with Gasteiger partial charge < -0.3 is 10.1 Å². The summed E-state index contributed by atoms with van der Waals surface area (Å²) in [6.07, 6.45) is -3.72. The predicted molar refractivity (Wildman–Crippen MR) is 73.9 cm³/mol. The number of nitrogens with one attached hydrogen (secondary N) is 1. The Balaban J connectivity index is 2.52. The highest BCUT2D eigenvalue weighted by molar-refractivity contribution is 5.77. The van der Waals surface area contributed by atoms with Crippen LogP contribution in [0.1, 0.15) is 32.3 Å². The third-order valence-electron chi connectivity index (χ3n) is 3.17. The van der Waals surface area contributed by atoms with E-state index in [1.54, 1.807) is 13.8 Å². The Bertz CT molecular complexity index is 549. The third-order valence-corrected chi connectivity index (χ3v) is 3.17. The molecule has 0 aromatic heterocycles. The molecule has 0 heterocycles. The van der Waals surface area contributed by atoms with Gasteiger partial charge in [0.15, 0.2) is 0 Å². The Morgan fingerprint density at radius 3 is 2.36 bits per heavy atom. The number of rotatable bonds is 6. The summed E-state index contributed by atoms with van der Waals surface area (Å²) in [5, 5.41) is 11.6. The molecule has 0 aliphatic carbocycles. The van der Waals surface area contributed by atoms with Crippen molar-refractivity contribution in [1.29, 1.82) is 5.26 Å². The molecule has 1 rings (SSSR count). The van der Waals surface area contributed by atoms with Crippen LogP contribution in [0.3, 0.4) is 0 Å². The van der Waals surface area contributed by atoms with Crippen LogP contribution in [-0.4, -0.2) is 17.8 Å². The second kappa shape index (κ2) is 7.16. The van der Waals surface area contributed by atoms with Gasteiger partial charge in [0.2, 0.25) is 5.91 Å². The van der Waals surface area contributed by atoms with Crippen molar-refractivity contribution in [1.82, 2.24) is 5.32 Å². The zero-order chi connectivity index (χ0) is 16.8. The van der Waals surface area contributed by atoms with E-state index in [-0.39, 0.29) is 18.1 Å². The summed E-state index contributed by atoms with van der Waals surface area (Å²) in [5.74, 6) is -0.578. The van der Waals surface area contributed by atoms with Crippen molar-refractivity contribution in [3.8, 4) is 11.8 Å². The molecule has 1 amide bonds. The fraction of sp³-hybridized carbons (Fsp3) is 0.467. The molecule has 1 atom stereocenters. The van der Waals surface area contributed by atoms with Crippen LogP contribution < -0.4 is 10.1 Å². The molecule has 0 saturated heterocycles. The second-order valence-electron chi connectivity index (χ2n) is 5.04. The molecular weight excluding hydrogens is 297 g/mol. The van der Waals surface area contributed by atoms with E-state index in [2.05, 4.69) is 10.1 Å². The SMILES string of the molecule is CCC(C)(C#N)NC(=O)CCc1ccc(OC(F)(F)F)cc1. The van der Waals surface area contributed by atoms with E-state index >= 15 is 0 Å². The average Bonchev–Trinajstić information content (AvgIpc) is 2.45. The first-order valence-corrected chi connectivity index (χ1v) is 6.74. The highest BCUT2D eigenvalue weighted by Gasteiger charge is 2.31. The number of carbonyl (C=O) groups is 1. The summed E-state index contributed by atoms with van der Waals surface area (Å²) in [6, 6.07) is 7.37. The van der Waals surface area contributed by atoms with E-state index < -0.39 is 11.9 Å². The lowest BCUT2D eigenvalue weighted by Crippen LogP contribution is -2.44. The third kappa shape index (κ3) is 6.04. The standard InChI is InChI=1S/C15H17F3N2O2/c1-3-14(2,10-19)20-13(21)9-6-11-4-7-12(8-5-11)22-15(16,17)18/h4-5,7-8H,3,6,9H2,1-2H3,(H,20,21). The summed E-state index contributed by atoms with van der Waals surface area (Å²) in [6.45, 7) is 3.43. The number of nitrogens with zero attached hydrogens (tertiary/aromatic N) is 1. The van der Waals surface area contributed by atoms with Gasteiger partial charge in [-0.3, -0.25) is 4.79 Å². The van der Waals surface area contributed by atoms with Crippen molar-refractivity contribution in [2.45, 2.75) is 45.0 Å². The van der Waals surface area contributed by atoms with Crippen LogP contribution >= 0.6 is 0 Å². The van der Waals surface area contributed by atoms with Gasteiger partial charge in [-0.2, -0.15) is 5.26 Å². The van der Waals surface area contributed by atoms with Gasteiger partial charge in [0.25, 0.3) is 0 Å². The van der Waals surface area contributed by atoms with Crippen LogP contribution in [0, 0.1) is 11.3 Å². The largest absolute Gasteiger partial charge is 0.573 e. The molecule has 1 N–H and O–H groups in total. The highest BCUT2D eigenvalue weighted by Crippen LogP contribution is 2.23. The molecule has 1 aromatic carbocycles. The molecule has 0 fully saturated rings. The number of hydrogen-bond acceptors (Lipinski definition) is 3. The van der Waals surface area contributed by atoms with Gasteiger partial charge in [0.1, 0.15) is 11.3 Å². The van der Waals surface area contributed by atoms with Crippen molar-refractivity contribution < 1.29 is 22.7 Å². The van der Waals surface area contributed by atoms with Gasteiger partial charge in [-0.15, -0.1) is 13.2 Å². The fourth-order valence-corrected chi connectivity index (χ4v) is 1.68. The molecule has 0 radical (unpaired) electrons. The Hall–Kier alpha value is -2.23. The van der Waals surface area contributed by atoms with Crippen molar-refractivity contribution in [2.24, 2.45) is 0 Å². The zero-order valence-electron chi connectivity index (χ0n) is 12.3. The number of nitriles is 1. The van der Waals surface area contributed by atoms with Gasteiger partial charge in [0, 0.05) is 6.42 Å². The van der Waals surface area contributed by atoms with Gasteiger partial charge in [0.05, 0.1) is 6.07 Å². The molecule has 7 heteroatoms. The van der Waals surface area contributed by atoms with Gasteiger partial charge in [-0.05, 0) is 37.5 Å². The number of hydrogen-bond donors (Lipinski definition) is 1. The molecule has 1 aromatic rings. The number of amides is 1. The lowest BCUT2D eigenvalue weighted by Gasteiger charge is -2.21. The molecule has 120 valence electrons. The molecule has 0 bridgehead atoms. The minimum atomic E-state index is -4.72. The lowest BCUT2D eigenvalue weighted by atomic mass is 10.0. The smallest absolute Gasteiger partial charge is 0.406 e. The van der Waals surface area contributed by atoms with E-state index in [1.165, 1.54) is 24.3 Å². The minimum Gasteiger partial charge on any atom is -0.406 e. The van der Waals surface area contributed by atoms with E-state index in [4.69, 9.17) is 5.26 Å². The predicted octanol–water partition coefficient (Wildman–Crippen LogP) is 3.33. The molecular formula is C15H17F3N2O2. The number of aryl methyl sites for hydroxylation is 1. The second-order valence-corrected chi connectivity index (χ2v) is 5.04. The van der Waals surface area contributed by atoms with E-state index in [0.717, 1.165) is 0 Å². The first-order valence-electron chi connectivity index (χ1n) is 6.74. The Morgan fingerprint density at radius 1 is 1.32 bits per heavy atom. The number of alkyl halides is 3. The quantitative estimate of drug-likeness (QED) is 0.876. The Morgan fingerprint density at radius 2 is 1.91 bits per heavy atom. The van der Waals surface area contributed by atoms with Crippen molar-refractivity contribution in [3.63, 3.8) is 0 Å². The maximum atomic E-state index is 12.0. The van der Waals surface area contributed by atoms with E-state index in [1.807, 2.05) is 6.07 Å². The Kier molecular flexibility index (Phi) is 5.80. The maximum Gasteiger partial charge on any atom is 0.573 e. The van der Waals surface area contributed by atoms with Crippen LogP contribution in [0.15, 0.2) is 24.3 Å². The van der Waals surface area contributed by atoms with Crippen LogP contribution in [0.5, 0.6) is 5.75 Å². The van der Waals surface area contributed by atoms with E-state index in [9.17, 15) is 18.0 Å². The topological polar surface area (TPSA) is 62.1 Å². The molecule has 0 aliphatic heterocycles. The van der Waals surface area contributed by atoms with Crippen LogP contribution in [0.2, 0.25) is 0 Å². The summed E-state index contributed by atoms with van der Waals surface area (Å²) >= 11 is 0. The van der Waals surface area contributed by atoms with E-state index in [0.29, 0.717) is 18.4 Å². The summed E-state index contributed by atoms with van der Waals surface area (Å²) in [5.41, 5.74) is -0.193. The minimum absolute atomic E-state index is 0.150. The van der Waals surface area contributed by atoms with Gasteiger partial charge in [-0.1, -0.05) is 19.1 Å². The number of halogens is 3. The molecule has 0 spiro atoms. The van der Waals surface area contributed by atoms with Crippen molar-refractivity contribution in [2.75, 3.05) is 0 Å². The molecule has 4 nitrogen and oxygen atoms in total. The lowest BCUT2D eigenvalue weighted by molar-refractivity contribution is -0.274. The number of benzene rings is 1. The summed E-state index contributed by atoms with van der Waals surface area (Å²) < 4.78 is 39.8. The van der Waals surface area contributed by atoms with Crippen LogP contribution in [0.25, 0.3) is 0 Å². The zero-order valence-corrected chi connectivity index (χ0v) is 12.3. The number of ether oxygens (including phenoxy) is 1.